The molecule has 138 valence electrons. The normalized spacial score (nSPS) is 11.2. The van der Waals surface area contributed by atoms with E-state index in [4.69, 9.17) is 11.6 Å². The first-order valence-corrected chi connectivity index (χ1v) is 10.00. The predicted molar refractivity (Wildman–Crippen MR) is 103 cm³/mol. The molecule has 0 atom stereocenters. The minimum absolute atomic E-state index is 0.0386. The smallest absolute Gasteiger partial charge is 0.234 e. The van der Waals surface area contributed by atoms with Crippen molar-refractivity contribution in [3.05, 3.63) is 6.20 Å². The summed E-state index contributed by atoms with van der Waals surface area (Å²) >= 11 is 7.13. The van der Waals surface area contributed by atoms with Gasteiger partial charge in [-0.1, -0.05) is 32.5 Å². The van der Waals surface area contributed by atoms with Crippen molar-refractivity contribution in [2.24, 2.45) is 5.92 Å². The third-order valence-corrected chi connectivity index (χ3v) is 4.65. The minimum atomic E-state index is -0.189. The Morgan fingerprint density at radius 3 is 2.88 bits per heavy atom. The molecule has 0 aromatic carbocycles. The summed E-state index contributed by atoms with van der Waals surface area (Å²) in [7, 11) is 0. The summed E-state index contributed by atoms with van der Waals surface area (Å²) in [5, 5.41) is 12.2. The van der Waals surface area contributed by atoms with E-state index in [2.05, 4.69) is 46.5 Å². The minimum Gasteiger partial charge on any atom is -0.369 e. The molecule has 0 unspecified atom stereocenters. The van der Waals surface area contributed by atoms with Crippen molar-refractivity contribution in [1.29, 1.82) is 0 Å². The van der Waals surface area contributed by atoms with Gasteiger partial charge in [-0.3, -0.25) is 4.79 Å². The second-order valence-corrected chi connectivity index (χ2v) is 7.40. The summed E-state index contributed by atoms with van der Waals surface area (Å²) in [6.07, 6.45) is 2.83. The average Bonchev–Trinajstić information content (AvgIpc) is 3.00. The van der Waals surface area contributed by atoms with Crippen molar-refractivity contribution in [2.75, 3.05) is 30.0 Å². The van der Waals surface area contributed by atoms with Gasteiger partial charge in [0.05, 0.1) is 18.1 Å². The number of nitrogens with zero attached hydrogens (tertiary/aromatic N) is 4. The molecule has 0 aliphatic heterocycles. The van der Waals surface area contributed by atoms with Crippen LogP contribution in [0.1, 0.15) is 27.2 Å². The summed E-state index contributed by atoms with van der Waals surface area (Å²) in [4.78, 5) is 20.6. The van der Waals surface area contributed by atoms with Gasteiger partial charge >= 0.3 is 0 Å². The van der Waals surface area contributed by atoms with Gasteiger partial charge in [0.1, 0.15) is 11.7 Å². The highest BCUT2D eigenvalue weighted by Gasteiger charge is 2.13. The fourth-order valence-electron chi connectivity index (χ4n) is 2.14. The van der Waals surface area contributed by atoms with Gasteiger partial charge in [0.2, 0.25) is 5.91 Å². The van der Waals surface area contributed by atoms with Crippen LogP contribution in [-0.2, 0) is 11.3 Å². The second kappa shape index (κ2) is 9.82. The average molecular weight is 385 g/mol. The number of anilines is 1. The van der Waals surface area contributed by atoms with Crippen LogP contribution in [0.25, 0.3) is 11.0 Å². The molecule has 0 bridgehead atoms. The van der Waals surface area contributed by atoms with Crippen molar-refractivity contribution in [2.45, 2.75) is 38.9 Å². The van der Waals surface area contributed by atoms with E-state index in [0.29, 0.717) is 19.0 Å². The summed E-state index contributed by atoms with van der Waals surface area (Å²) < 4.78 is 1.79. The summed E-state index contributed by atoms with van der Waals surface area (Å²) in [5.41, 5.74) is 0.778. The summed E-state index contributed by atoms with van der Waals surface area (Å²) in [5.74, 6) is 2.06. The third kappa shape index (κ3) is 5.74. The van der Waals surface area contributed by atoms with Crippen LogP contribution in [0.15, 0.2) is 11.4 Å². The molecule has 2 rings (SSSR count). The van der Waals surface area contributed by atoms with Crippen LogP contribution in [-0.4, -0.2) is 50.4 Å². The maximum absolute atomic E-state index is 11.3. The first kappa shape index (κ1) is 19.8. The Kier molecular flexibility index (Phi) is 7.77. The topological polar surface area (TPSA) is 84.7 Å². The number of aromatic nitrogens is 4. The van der Waals surface area contributed by atoms with Gasteiger partial charge in [0.15, 0.2) is 10.8 Å². The third-order valence-electron chi connectivity index (χ3n) is 3.36. The molecule has 0 saturated carbocycles. The molecular formula is C16H25ClN6OS. The molecule has 0 aliphatic carbocycles. The highest BCUT2D eigenvalue weighted by atomic mass is 35.5. The van der Waals surface area contributed by atoms with Crippen LogP contribution in [0.5, 0.6) is 0 Å². The zero-order valence-corrected chi connectivity index (χ0v) is 16.5. The lowest BCUT2D eigenvalue weighted by molar-refractivity contribution is -0.118. The largest absolute Gasteiger partial charge is 0.369 e. The van der Waals surface area contributed by atoms with E-state index in [-0.39, 0.29) is 11.8 Å². The maximum Gasteiger partial charge on any atom is 0.234 e. The summed E-state index contributed by atoms with van der Waals surface area (Å²) in [6.45, 7) is 8.26. The number of carbonyl (C=O) groups excluding carboxylic acids is 1. The van der Waals surface area contributed by atoms with E-state index in [1.165, 1.54) is 0 Å². The molecule has 0 fully saturated rings. The lowest BCUT2D eigenvalue weighted by atomic mass is 10.2. The molecule has 25 heavy (non-hydrogen) atoms. The number of alkyl halides is 1. The van der Waals surface area contributed by atoms with Gasteiger partial charge < -0.3 is 10.6 Å². The van der Waals surface area contributed by atoms with Gasteiger partial charge in [-0.05, 0) is 12.3 Å². The van der Waals surface area contributed by atoms with E-state index in [0.717, 1.165) is 40.7 Å². The predicted octanol–water partition coefficient (Wildman–Crippen LogP) is 2.75. The number of halogens is 1. The van der Waals surface area contributed by atoms with Gasteiger partial charge in [-0.2, -0.15) is 5.10 Å². The van der Waals surface area contributed by atoms with E-state index in [1.807, 2.05) is 0 Å². The molecular weight excluding hydrogens is 360 g/mol. The second-order valence-electron chi connectivity index (χ2n) is 6.07. The Hall–Kier alpha value is -1.54. The fourth-order valence-corrected chi connectivity index (χ4v) is 2.93. The molecule has 7 nitrogen and oxygen atoms in total. The number of amides is 1. The van der Waals surface area contributed by atoms with E-state index >= 15 is 0 Å². The van der Waals surface area contributed by atoms with Gasteiger partial charge in [-0.15, -0.1) is 11.6 Å². The fraction of sp³-hybridized carbons (Fsp3) is 0.625. The quantitative estimate of drug-likeness (QED) is 0.372. The lowest BCUT2D eigenvalue weighted by Crippen LogP contribution is -2.28. The van der Waals surface area contributed by atoms with Crippen molar-refractivity contribution < 1.29 is 4.79 Å². The van der Waals surface area contributed by atoms with E-state index in [1.54, 1.807) is 22.6 Å². The van der Waals surface area contributed by atoms with Gasteiger partial charge in [0.25, 0.3) is 0 Å². The van der Waals surface area contributed by atoms with E-state index < -0.39 is 0 Å². The van der Waals surface area contributed by atoms with Crippen LogP contribution in [0.4, 0.5) is 5.82 Å². The molecule has 0 aliphatic rings. The number of hydrogen-bond acceptors (Lipinski definition) is 6. The standard InChI is InChI=1S/C16H25ClN6OS/c1-4-7-25-16-21-14(19-9-11(2)3)12-10-20-23(15(12)22-16)6-5-18-13(24)8-17/h10-11H,4-9H2,1-3H3,(H,18,24)(H,19,21,22). The molecule has 0 spiro atoms. The molecule has 2 N–H and O–H groups in total. The molecule has 2 aromatic heterocycles. The number of nitrogens with one attached hydrogen (secondary N) is 2. The molecule has 2 aromatic rings. The Labute approximate surface area is 157 Å². The van der Waals surface area contributed by atoms with Crippen LogP contribution >= 0.6 is 23.4 Å². The van der Waals surface area contributed by atoms with Crippen molar-refractivity contribution in [1.82, 2.24) is 25.1 Å². The zero-order chi connectivity index (χ0) is 18.2. The van der Waals surface area contributed by atoms with Gasteiger partial charge in [0, 0.05) is 18.8 Å². The van der Waals surface area contributed by atoms with Gasteiger partial charge in [-0.25, -0.2) is 14.6 Å². The monoisotopic (exact) mass is 384 g/mol. The first-order valence-electron chi connectivity index (χ1n) is 8.48. The zero-order valence-electron chi connectivity index (χ0n) is 14.9. The molecule has 9 heteroatoms. The number of fused-ring (bicyclic) bond motifs is 1. The van der Waals surface area contributed by atoms with Crippen LogP contribution in [0.2, 0.25) is 0 Å². The highest BCUT2D eigenvalue weighted by Crippen LogP contribution is 2.25. The number of thioether (sulfide) groups is 1. The molecule has 2 heterocycles. The Morgan fingerprint density at radius 1 is 1.40 bits per heavy atom. The Bertz CT molecular complexity index is 705. The Morgan fingerprint density at radius 2 is 2.20 bits per heavy atom. The maximum atomic E-state index is 11.3. The lowest BCUT2D eigenvalue weighted by Gasteiger charge is -2.11. The van der Waals surface area contributed by atoms with Crippen molar-refractivity contribution >= 4 is 46.1 Å². The first-order chi connectivity index (χ1) is 12.0. The summed E-state index contributed by atoms with van der Waals surface area (Å²) in [6, 6.07) is 0. The number of rotatable bonds is 10. The Balaban J connectivity index is 2.24. The van der Waals surface area contributed by atoms with Crippen molar-refractivity contribution in [3.63, 3.8) is 0 Å². The van der Waals surface area contributed by atoms with Crippen molar-refractivity contribution in [3.8, 4) is 0 Å². The molecule has 0 radical (unpaired) electrons. The number of carbonyl (C=O) groups is 1. The molecule has 1 amide bonds. The van der Waals surface area contributed by atoms with Crippen LogP contribution in [0.3, 0.4) is 0 Å². The van der Waals surface area contributed by atoms with E-state index in [9.17, 15) is 4.79 Å². The SMILES string of the molecule is CCCSc1nc(NCC(C)C)c2cnn(CCNC(=O)CCl)c2n1. The highest BCUT2D eigenvalue weighted by molar-refractivity contribution is 7.99. The molecule has 0 saturated heterocycles. The number of hydrogen-bond donors (Lipinski definition) is 2. The van der Waals surface area contributed by atoms with Crippen LogP contribution in [0, 0.1) is 5.92 Å². The van der Waals surface area contributed by atoms with Crippen LogP contribution < -0.4 is 10.6 Å².